The zero-order valence-electron chi connectivity index (χ0n) is 17.3. The number of Topliss-reactive ketones (excluding diaryl/α,β-unsaturated/α-hetero) is 1. The third-order valence-electron chi connectivity index (χ3n) is 4.94. The highest BCUT2D eigenvalue weighted by atomic mass is 35.5. The van der Waals surface area contributed by atoms with Gasteiger partial charge in [0.1, 0.15) is 11.5 Å². The molecule has 156 valence electrons. The maximum absolute atomic E-state index is 12.9. The molecule has 3 aromatic carbocycles. The van der Waals surface area contributed by atoms with Gasteiger partial charge in [0.15, 0.2) is 5.76 Å². The Morgan fingerprint density at radius 2 is 1.71 bits per heavy atom. The van der Waals surface area contributed by atoms with Crippen molar-refractivity contribution in [1.29, 1.82) is 0 Å². The van der Waals surface area contributed by atoms with Gasteiger partial charge < -0.3 is 14.4 Å². The molecular weight excluding hydrogens is 414 g/mol. The number of halogens is 1. The van der Waals surface area contributed by atoms with E-state index in [1.54, 1.807) is 49.4 Å². The number of fused-ring (bicyclic) bond motifs is 1. The van der Waals surface area contributed by atoms with Gasteiger partial charge in [-0.05, 0) is 66.6 Å². The number of carbonyl (C=O) groups excluding carboxylic acids is 2. The van der Waals surface area contributed by atoms with Crippen molar-refractivity contribution in [3.8, 4) is 11.5 Å². The van der Waals surface area contributed by atoms with Gasteiger partial charge in [0.05, 0.1) is 11.1 Å². The van der Waals surface area contributed by atoms with Gasteiger partial charge in [-0.25, -0.2) is 4.79 Å². The summed E-state index contributed by atoms with van der Waals surface area (Å²) in [5.74, 6) is 0.203. The quantitative estimate of drug-likeness (QED) is 0.307. The van der Waals surface area contributed by atoms with Gasteiger partial charge in [-0.15, -0.1) is 0 Å². The number of anilines is 1. The van der Waals surface area contributed by atoms with Crippen molar-refractivity contribution >= 4 is 35.1 Å². The highest BCUT2D eigenvalue weighted by molar-refractivity contribution is 6.30. The number of aryl methyl sites for hydroxylation is 1. The smallest absolute Gasteiger partial charge is 0.343 e. The predicted octanol–water partition coefficient (Wildman–Crippen LogP) is 5.55. The van der Waals surface area contributed by atoms with E-state index in [9.17, 15) is 9.59 Å². The molecule has 1 heterocycles. The maximum atomic E-state index is 12.9. The van der Waals surface area contributed by atoms with Crippen LogP contribution >= 0.6 is 11.6 Å². The molecule has 0 spiro atoms. The summed E-state index contributed by atoms with van der Waals surface area (Å²) < 4.78 is 11.3. The summed E-state index contributed by atoms with van der Waals surface area (Å²) in [7, 11) is 3.93. The minimum Gasteiger partial charge on any atom is -0.452 e. The van der Waals surface area contributed by atoms with E-state index in [0.29, 0.717) is 33.2 Å². The molecule has 0 aliphatic carbocycles. The average Bonchev–Trinajstić information content (AvgIpc) is 3.04. The lowest BCUT2D eigenvalue weighted by Crippen LogP contribution is -2.08. The average molecular weight is 434 g/mol. The van der Waals surface area contributed by atoms with Gasteiger partial charge in [-0.3, -0.25) is 4.79 Å². The Balaban J connectivity index is 1.57. The van der Waals surface area contributed by atoms with Gasteiger partial charge in [0.2, 0.25) is 5.78 Å². The lowest BCUT2D eigenvalue weighted by molar-refractivity contribution is 0.0734. The number of benzene rings is 3. The second-order valence-electron chi connectivity index (χ2n) is 7.44. The molecule has 0 unspecified atom stereocenters. The second-order valence-corrected chi connectivity index (χ2v) is 7.87. The monoisotopic (exact) mass is 433 g/mol. The Hall–Kier alpha value is -3.57. The lowest BCUT2D eigenvalue weighted by Gasteiger charge is -2.11. The molecule has 0 N–H and O–H groups in total. The van der Waals surface area contributed by atoms with Crippen LogP contribution in [0.1, 0.15) is 31.8 Å². The third kappa shape index (κ3) is 4.32. The van der Waals surface area contributed by atoms with Crippen LogP contribution in [0.15, 0.2) is 66.4 Å². The zero-order valence-corrected chi connectivity index (χ0v) is 18.1. The molecule has 0 saturated heterocycles. The third-order valence-corrected chi connectivity index (χ3v) is 5.19. The predicted molar refractivity (Wildman–Crippen MR) is 121 cm³/mol. The van der Waals surface area contributed by atoms with Crippen LogP contribution in [0.25, 0.3) is 6.08 Å². The summed E-state index contributed by atoms with van der Waals surface area (Å²) in [6, 6.07) is 17.4. The van der Waals surface area contributed by atoms with Crippen molar-refractivity contribution in [2.45, 2.75) is 6.92 Å². The first-order valence-corrected chi connectivity index (χ1v) is 10.0. The minimum atomic E-state index is -0.517. The fourth-order valence-corrected chi connectivity index (χ4v) is 3.43. The van der Waals surface area contributed by atoms with Crippen LogP contribution in [0.5, 0.6) is 11.5 Å². The molecule has 5 nitrogen and oxygen atoms in total. The first kappa shape index (κ1) is 20.7. The zero-order chi connectivity index (χ0) is 22.1. The highest BCUT2D eigenvalue weighted by Crippen LogP contribution is 2.37. The molecular formula is C25H20ClNO4. The van der Waals surface area contributed by atoms with Crippen LogP contribution in [-0.2, 0) is 0 Å². The van der Waals surface area contributed by atoms with Gasteiger partial charge in [-0.1, -0.05) is 23.7 Å². The number of nitrogens with zero attached hydrogens (tertiary/aromatic N) is 1. The molecule has 0 radical (unpaired) electrons. The molecule has 6 heteroatoms. The molecule has 0 bridgehead atoms. The van der Waals surface area contributed by atoms with E-state index in [0.717, 1.165) is 11.3 Å². The molecule has 0 atom stereocenters. The molecule has 1 aliphatic rings. The van der Waals surface area contributed by atoms with E-state index in [4.69, 9.17) is 21.1 Å². The van der Waals surface area contributed by atoms with Crippen molar-refractivity contribution in [3.05, 3.63) is 93.7 Å². The minimum absolute atomic E-state index is 0.195. The van der Waals surface area contributed by atoms with Gasteiger partial charge in [0, 0.05) is 30.9 Å². The number of ketones is 1. The summed E-state index contributed by atoms with van der Waals surface area (Å²) >= 11 is 5.86. The van der Waals surface area contributed by atoms with Crippen LogP contribution in [0.2, 0.25) is 5.02 Å². The van der Waals surface area contributed by atoms with Gasteiger partial charge >= 0.3 is 5.97 Å². The van der Waals surface area contributed by atoms with Crippen molar-refractivity contribution in [1.82, 2.24) is 0 Å². The molecule has 0 saturated carbocycles. The first-order valence-electron chi connectivity index (χ1n) is 9.66. The van der Waals surface area contributed by atoms with Crippen LogP contribution in [0.4, 0.5) is 5.69 Å². The van der Waals surface area contributed by atoms with Crippen LogP contribution in [0, 0.1) is 6.92 Å². The summed E-state index contributed by atoms with van der Waals surface area (Å²) in [5.41, 5.74) is 3.44. The van der Waals surface area contributed by atoms with E-state index in [-0.39, 0.29) is 11.5 Å². The first-order chi connectivity index (χ1) is 14.8. The van der Waals surface area contributed by atoms with Crippen LogP contribution in [-0.4, -0.2) is 25.8 Å². The van der Waals surface area contributed by atoms with Gasteiger partial charge in [0.25, 0.3) is 0 Å². The Morgan fingerprint density at radius 3 is 2.35 bits per heavy atom. The summed E-state index contributed by atoms with van der Waals surface area (Å²) in [6.45, 7) is 1.79. The van der Waals surface area contributed by atoms with Crippen LogP contribution < -0.4 is 14.4 Å². The van der Waals surface area contributed by atoms with E-state index < -0.39 is 5.97 Å². The van der Waals surface area contributed by atoms with Crippen molar-refractivity contribution < 1.29 is 19.1 Å². The number of hydrogen-bond donors (Lipinski definition) is 0. The standard InChI is InChI=1S/C25H20ClNO4/c1-15-12-20(30-25(29)17-6-8-18(26)9-7-17)14-21-23(15)24(28)22(31-21)13-16-4-10-19(11-5-16)27(2)3/h4-14H,1-3H3/b22-13-. The van der Waals surface area contributed by atoms with Crippen molar-refractivity contribution in [2.24, 2.45) is 0 Å². The molecule has 3 aromatic rings. The second kappa shape index (κ2) is 8.28. The molecule has 0 aromatic heterocycles. The lowest BCUT2D eigenvalue weighted by atomic mass is 10.0. The van der Waals surface area contributed by atoms with E-state index in [2.05, 4.69) is 0 Å². The van der Waals surface area contributed by atoms with E-state index in [1.807, 2.05) is 43.3 Å². The van der Waals surface area contributed by atoms with Crippen molar-refractivity contribution in [2.75, 3.05) is 19.0 Å². The Morgan fingerprint density at radius 1 is 1.03 bits per heavy atom. The molecule has 31 heavy (non-hydrogen) atoms. The molecule has 4 rings (SSSR count). The molecule has 0 fully saturated rings. The number of allylic oxidation sites excluding steroid dienone is 1. The highest BCUT2D eigenvalue weighted by Gasteiger charge is 2.30. The number of hydrogen-bond acceptors (Lipinski definition) is 5. The molecule has 1 aliphatic heterocycles. The number of carbonyl (C=O) groups is 2. The SMILES string of the molecule is Cc1cc(OC(=O)c2ccc(Cl)cc2)cc2c1C(=O)/C(=C/c1ccc(N(C)C)cc1)O2. The van der Waals surface area contributed by atoms with Gasteiger partial charge in [-0.2, -0.15) is 0 Å². The van der Waals surface area contributed by atoms with E-state index >= 15 is 0 Å². The fraction of sp³-hybridized carbons (Fsp3) is 0.120. The summed E-state index contributed by atoms with van der Waals surface area (Å²) in [4.78, 5) is 27.3. The summed E-state index contributed by atoms with van der Waals surface area (Å²) in [5, 5.41) is 0.535. The normalized spacial score (nSPS) is 13.7. The fourth-order valence-electron chi connectivity index (χ4n) is 3.31. The summed E-state index contributed by atoms with van der Waals surface area (Å²) in [6.07, 6.45) is 1.71. The Labute approximate surface area is 185 Å². The number of esters is 1. The topological polar surface area (TPSA) is 55.8 Å². The van der Waals surface area contributed by atoms with E-state index in [1.165, 1.54) is 0 Å². The van der Waals surface area contributed by atoms with Crippen molar-refractivity contribution in [3.63, 3.8) is 0 Å². The maximum Gasteiger partial charge on any atom is 0.343 e. The number of rotatable bonds is 4. The molecule has 0 amide bonds. The number of ether oxygens (including phenoxy) is 2. The largest absolute Gasteiger partial charge is 0.452 e. The Kier molecular flexibility index (Phi) is 5.53. The Bertz CT molecular complexity index is 1200. The van der Waals surface area contributed by atoms with Crippen LogP contribution in [0.3, 0.4) is 0 Å².